The number of carboxylic acid groups (broad SMARTS) is 1. The van der Waals surface area contributed by atoms with E-state index in [1.54, 1.807) is 18.2 Å². The Morgan fingerprint density at radius 2 is 2.27 bits per heavy atom. The molecule has 0 spiro atoms. The van der Waals surface area contributed by atoms with Gasteiger partial charge in [-0.25, -0.2) is 4.39 Å². The molecule has 1 aromatic rings. The highest BCUT2D eigenvalue weighted by atomic mass is 79.9. The molecule has 1 rings (SSSR count). The second kappa shape index (κ2) is 5.23. The first-order chi connectivity index (χ1) is 7.06. The zero-order valence-corrected chi connectivity index (χ0v) is 9.50. The van der Waals surface area contributed by atoms with Crippen LogP contribution in [-0.2, 0) is 4.79 Å². The van der Waals surface area contributed by atoms with E-state index < -0.39 is 17.7 Å². The molecule has 3 nitrogen and oxygen atoms in total. The lowest BCUT2D eigenvalue weighted by Crippen LogP contribution is -2.17. The second-order valence-corrected chi connectivity index (χ2v) is 4.03. The molecule has 0 saturated heterocycles. The Morgan fingerprint density at radius 1 is 1.60 bits per heavy atom. The highest BCUT2D eigenvalue weighted by Crippen LogP contribution is 2.26. The van der Waals surface area contributed by atoms with Crippen molar-refractivity contribution in [3.05, 3.63) is 34.1 Å². The third kappa shape index (κ3) is 3.00. The largest absolute Gasteiger partial charge is 0.481 e. The van der Waals surface area contributed by atoms with E-state index >= 15 is 0 Å². The molecule has 1 aromatic carbocycles. The van der Waals surface area contributed by atoms with Gasteiger partial charge in [-0.05, 0) is 34.1 Å². The topological polar surface area (TPSA) is 63.3 Å². The fourth-order valence-electron chi connectivity index (χ4n) is 1.37. The summed E-state index contributed by atoms with van der Waals surface area (Å²) in [5.74, 6) is -1.90. The smallest absolute Gasteiger partial charge is 0.304 e. The van der Waals surface area contributed by atoms with Crippen LogP contribution in [0, 0.1) is 5.82 Å². The molecule has 0 aliphatic carbocycles. The van der Waals surface area contributed by atoms with E-state index in [2.05, 4.69) is 15.9 Å². The first-order valence-electron chi connectivity index (χ1n) is 4.42. The minimum atomic E-state index is -0.982. The molecule has 0 heterocycles. The van der Waals surface area contributed by atoms with Gasteiger partial charge in [0.05, 0.1) is 10.9 Å². The van der Waals surface area contributed by atoms with Crippen molar-refractivity contribution in [2.24, 2.45) is 5.73 Å². The summed E-state index contributed by atoms with van der Waals surface area (Å²) in [5, 5.41) is 8.65. The van der Waals surface area contributed by atoms with E-state index in [1.807, 2.05) is 0 Å². The van der Waals surface area contributed by atoms with Gasteiger partial charge in [0, 0.05) is 5.92 Å². The van der Waals surface area contributed by atoms with Crippen LogP contribution < -0.4 is 5.73 Å². The highest BCUT2D eigenvalue weighted by Gasteiger charge is 2.18. The summed E-state index contributed by atoms with van der Waals surface area (Å²) in [6.07, 6.45) is -0.163. The number of aliphatic carboxylic acids is 1. The molecule has 0 fully saturated rings. The molecule has 0 amide bonds. The number of halogens is 2. The molecule has 3 N–H and O–H groups in total. The van der Waals surface area contributed by atoms with Gasteiger partial charge >= 0.3 is 5.97 Å². The number of hydrogen-bond donors (Lipinski definition) is 2. The second-order valence-electron chi connectivity index (χ2n) is 3.17. The van der Waals surface area contributed by atoms with Crippen LogP contribution in [0.4, 0.5) is 4.39 Å². The van der Waals surface area contributed by atoms with E-state index in [9.17, 15) is 9.18 Å². The number of hydrogen-bond acceptors (Lipinski definition) is 2. The van der Waals surface area contributed by atoms with Crippen molar-refractivity contribution < 1.29 is 14.3 Å². The van der Waals surface area contributed by atoms with Crippen LogP contribution in [0.15, 0.2) is 22.7 Å². The molecule has 0 aromatic heterocycles. The van der Waals surface area contributed by atoms with Crippen LogP contribution in [0.1, 0.15) is 17.9 Å². The van der Waals surface area contributed by atoms with Crippen LogP contribution in [-0.4, -0.2) is 17.6 Å². The quantitative estimate of drug-likeness (QED) is 0.885. The van der Waals surface area contributed by atoms with Crippen molar-refractivity contribution in [1.29, 1.82) is 0 Å². The molecular formula is C10H11BrFNO2. The zero-order chi connectivity index (χ0) is 11.4. The maximum atomic E-state index is 13.6. The summed E-state index contributed by atoms with van der Waals surface area (Å²) in [5.41, 5.74) is 5.77. The van der Waals surface area contributed by atoms with E-state index in [0.717, 1.165) is 0 Å². The Balaban J connectivity index is 3.01. The van der Waals surface area contributed by atoms with Gasteiger partial charge in [-0.2, -0.15) is 0 Å². The Kier molecular flexibility index (Phi) is 4.23. The van der Waals surface area contributed by atoms with Gasteiger partial charge in [0.2, 0.25) is 0 Å². The van der Waals surface area contributed by atoms with Crippen LogP contribution in [0.25, 0.3) is 0 Å². The van der Waals surface area contributed by atoms with E-state index in [4.69, 9.17) is 10.8 Å². The van der Waals surface area contributed by atoms with Crippen molar-refractivity contribution in [1.82, 2.24) is 0 Å². The van der Waals surface area contributed by atoms with E-state index in [0.29, 0.717) is 10.0 Å². The van der Waals surface area contributed by atoms with Gasteiger partial charge in [0.1, 0.15) is 5.82 Å². The first kappa shape index (κ1) is 12.1. The lowest BCUT2D eigenvalue weighted by molar-refractivity contribution is -0.137. The molecule has 15 heavy (non-hydrogen) atoms. The van der Waals surface area contributed by atoms with Gasteiger partial charge in [-0.3, -0.25) is 4.79 Å². The van der Waals surface area contributed by atoms with Gasteiger partial charge in [0.25, 0.3) is 0 Å². The summed E-state index contributed by atoms with van der Waals surface area (Å²) >= 11 is 3.05. The average molecular weight is 276 g/mol. The number of nitrogens with two attached hydrogens (primary N) is 1. The number of benzene rings is 1. The standard InChI is InChI=1S/C10H11BrFNO2/c11-8-3-1-2-7(10(8)12)6(5-13)4-9(14)15/h1-3,6H,4-5,13H2,(H,14,15). The van der Waals surface area contributed by atoms with Crippen LogP contribution >= 0.6 is 15.9 Å². The normalized spacial score (nSPS) is 12.5. The van der Waals surface area contributed by atoms with Crippen molar-refractivity contribution in [3.8, 4) is 0 Å². The Labute approximate surface area is 95.2 Å². The van der Waals surface area contributed by atoms with Crippen LogP contribution in [0.2, 0.25) is 0 Å². The Bertz CT molecular complexity index is 370. The molecule has 1 atom stereocenters. The Morgan fingerprint density at radius 3 is 2.80 bits per heavy atom. The number of carbonyl (C=O) groups is 1. The monoisotopic (exact) mass is 275 g/mol. The van der Waals surface area contributed by atoms with E-state index in [-0.39, 0.29) is 13.0 Å². The predicted molar refractivity (Wildman–Crippen MR) is 58.1 cm³/mol. The van der Waals surface area contributed by atoms with Gasteiger partial charge in [-0.1, -0.05) is 12.1 Å². The van der Waals surface area contributed by atoms with Gasteiger partial charge in [0.15, 0.2) is 0 Å². The summed E-state index contributed by atoms with van der Waals surface area (Å²) in [4.78, 5) is 10.5. The first-order valence-corrected chi connectivity index (χ1v) is 5.21. The summed E-state index contributed by atoms with van der Waals surface area (Å²) in [6, 6.07) is 4.78. The molecule has 1 unspecified atom stereocenters. The summed E-state index contributed by atoms with van der Waals surface area (Å²) in [7, 11) is 0. The molecule has 5 heteroatoms. The highest BCUT2D eigenvalue weighted by molar-refractivity contribution is 9.10. The molecule has 0 aliphatic rings. The Hall–Kier alpha value is -0.940. The van der Waals surface area contributed by atoms with Gasteiger partial charge < -0.3 is 10.8 Å². The minimum Gasteiger partial charge on any atom is -0.481 e. The van der Waals surface area contributed by atoms with Crippen LogP contribution in [0.3, 0.4) is 0 Å². The fourth-order valence-corrected chi connectivity index (χ4v) is 1.75. The molecule has 0 radical (unpaired) electrons. The van der Waals surface area contributed by atoms with Crippen molar-refractivity contribution in [3.63, 3.8) is 0 Å². The fraction of sp³-hybridized carbons (Fsp3) is 0.300. The average Bonchev–Trinajstić information content (AvgIpc) is 2.19. The lowest BCUT2D eigenvalue weighted by atomic mass is 9.95. The summed E-state index contributed by atoms with van der Waals surface area (Å²) < 4.78 is 13.9. The third-order valence-electron chi connectivity index (χ3n) is 2.13. The lowest BCUT2D eigenvalue weighted by Gasteiger charge is -2.14. The minimum absolute atomic E-state index is 0.111. The number of carboxylic acids is 1. The summed E-state index contributed by atoms with van der Waals surface area (Å²) in [6.45, 7) is 0.111. The molecular weight excluding hydrogens is 265 g/mol. The SMILES string of the molecule is NCC(CC(=O)O)c1cccc(Br)c1F. The van der Waals surface area contributed by atoms with E-state index in [1.165, 1.54) is 0 Å². The zero-order valence-electron chi connectivity index (χ0n) is 7.91. The molecule has 0 saturated carbocycles. The maximum absolute atomic E-state index is 13.6. The third-order valence-corrected chi connectivity index (χ3v) is 2.74. The predicted octanol–water partition coefficient (Wildman–Crippen LogP) is 2.11. The van der Waals surface area contributed by atoms with Crippen molar-refractivity contribution >= 4 is 21.9 Å². The number of rotatable bonds is 4. The maximum Gasteiger partial charge on any atom is 0.304 e. The van der Waals surface area contributed by atoms with Crippen LogP contribution in [0.5, 0.6) is 0 Å². The van der Waals surface area contributed by atoms with Crippen molar-refractivity contribution in [2.75, 3.05) is 6.54 Å². The van der Waals surface area contributed by atoms with Gasteiger partial charge in [-0.15, -0.1) is 0 Å². The van der Waals surface area contributed by atoms with Crippen molar-refractivity contribution in [2.45, 2.75) is 12.3 Å². The molecule has 82 valence electrons. The molecule has 0 bridgehead atoms. The molecule has 0 aliphatic heterocycles.